The number of thiophene rings is 1. The standard InChI is InChI=1S/C21H31N5S.HI/c1-4-22-20(25-16-21(2,3)18-8-7-13-27-18)24-15-17-9-10-23-19(14-17)26-11-5-6-12-26;/h7-10,13-14H,4-6,11-12,15-16H2,1-3H3,(H2,22,24,25);1H. The first-order chi connectivity index (χ1) is 13.1. The highest BCUT2D eigenvalue weighted by Gasteiger charge is 2.22. The monoisotopic (exact) mass is 513 g/mol. The Balaban J connectivity index is 0.00000280. The SMILES string of the molecule is CCNC(=NCc1ccnc(N2CCCC2)c1)NCC(C)(C)c1cccs1.I. The lowest BCUT2D eigenvalue weighted by Crippen LogP contribution is -2.43. The van der Waals surface area contributed by atoms with Crippen LogP contribution in [-0.2, 0) is 12.0 Å². The molecule has 0 spiro atoms. The normalized spacial score (nSPS) is 14.7. The van der Waals surface area contributed by atoms with Crippen molar-refractivity contribution >= 4 is 47.1 Å². The van der Waals surface area contributed by atoms with Crippen LogP contribution in [0.2, 0.25) is 0 Å². The van der Waals surface area contributed by atoms with Gasteiger partial charge in [0.15, 0.2) is 5.96 Å². The summed E-state index contributed by atoms with van der Waals surface area (Å²) in [6.45, 7) is 11.2. The fourth-order valence-electron chi connectivity index (χ4n) is 3.25. The Morgan fingerprint density at radius 1 is 1.25 bits per heavy atom. The molecule has 2 aromatic rings. The quantitative estimate of drug-likeness (QED) is 0.328. The van der Waals surface area contributed by atoms with E-state index in [4.69, 9.17) is 4.99 Å². The molecule has 0 aliphatic carbocycles. The van der Waals surface area contributed by atoms with Crippen LogP contribution in [0.15, 0.2) is 40.8 Å². The first kappa shape index (κ1) is 22.9. The van der Waals surface area contributed by atoms with E-state index in [1.165, 1.54) is 23.3 Å². The average Bonchev–Trinajstić information content (AvgIpc) is 3.38. The van der Waals surface area contributed by atoms with Crippen LogP contribution in [0.4, 0.5) is 5.82 Å². The minimum absolute atomic E-state index is 0. The number of aliphatic imine (C=N–C) groups is 1. The number of nitrogens with one attached hydrogen (secondary N) is 2. The van der Waals surface area contributed by atoms with Gasteiger partial charge in [0, 0.05) is 42.7 Å². The van der Waals surface area contributed by atoms with Crippen molar-refractivity contribution in [1.29, 1.82) is 0 Å². The molecule has 3 rings (SSSR count). The second-order valence-electron chi connectivity index (χ2n) is 7.63. The summed E-state index contributed by atoms with van der Waals surface area (Å²) in [5.41, 5.74) is 1.27. The number of pyridine rings is 1. The summed E-state index contributed by atoms with van der Waals surface area (Å²) in [6, 6.07) is 8.55. The largest absolute Gasteiger partial charge is 0.357 e. The molecular weight excluding hydrogens is 481 g/mol. The Morgan fingerprint density at radius 2 is 2.04 bits per heavy atom. The molecule has 154 valence electrons. The summed E-state index contributed by atoms with van der Waals surface area (Å²) >= 11 is 1.81. The molecule has 0 bridgehead atoms. The number of rotatable bonds is 7. The van der Waals surface area contributed by atoms with Crippen molar-refractivity contribution in [3.8, 4) is 0 Å². The van der Waals surface area contributed by atoms with E-state index in [1.807, 2.05) is 6.20 Å². The van der Waals surface area contributed by atoms with Crippen LogP contribution in [0.25, 0.3) is 0 Å². The lowest BCUT2D eigenvalue weighted by Gasteiger charge is -2.25. The second kappa shape index (κ2) is 11.0. The molecule has 1 aliphatic heterocycles. The fourth-order valence-corrected chi connectivity index (χ4v) is 4.10. The van der Waals surface area contributed by atoms with Crippen LogP contribution < -0.4 is 15.5 Å². The molecule has 2 aromatic heterocycles. The summed E-state index contributed by atoms with van der Waals surface area (Å²) in [6.07, 6.45) is 4.43. The number of aromatic nitrogens is 1. The van der Waals surface area contributed by atoms with Crippen molar-refractivity contribution in [2.45, 2.75) is 45.6 Å². The van der Waals surface area contributed by atoms with Crippen molar-refractivity contribution in [2.75, 3.05) is 31.1 Å². The fraction of sp³-hybridized carbons (Fsp3) is 0.524. The van der Waals surface area contributed by atoms with Crippen molar-refractivity contribution in [2.24, 2.45) is 4.99 Å². The number of halogens is 1. The molecule has 0 saturated carbocycles. The summed E-state index contributed by atoms with van der Waals surface area (Å²) < 4.78 is 0. The maximum absolute atomic E-state index is 4.79. The van der Waals surface area contributed by atoms with Crippen LogP contribution in [0, 0.1) is 0 Å². The highest BCUT2D eigenvalue weighted by molar-refractivity contribution is 14.0. The zero-order chi connectivity index (χ0) is 19.1. The minimum atomic E-state index is 0. The van der Waals surface area contributed by atoms with E-state index in [-0.39, 0.29) is 29.4 Å². The van der Waals surface area contributed by atoms with E-state index in [2.05, 4.69) is 70.9 Å². The molecule has 0 aromatic carbocycles. The van der Waals surface area contributed by atoms with E-state index in [9.17, 15) is 0 Å². The van der Waals surface area contributed by atoms with Crippen LogP contribution in [-0.4, -0.2) is 37.1 Å². The van der Waals surface area contributed by atoms with Gasteiger partial charge in [-0.05, 0) is 48.9 Å². The number of guanidine groups is 1. The van der Waals surface area contributed by atoms with Gasteiger partial charge in [-0.25, -0.2) is 9.98 Å². The van der Waals surface area contributed by atoms with Gasteiger partial charge in [-0.1, -0.05) is 19.9 Å². The van der Waals surface area contributed by atoms with Crippen molar-refractivity contribution < 1.29 is 0 Å². The molecule has 3 heterocycles. The Hall–Kier alpha value is -1.35. The van der Waals surface area contributed by atoms with Crippen molar-refractivity contribution in [3.05, 3.63) is 46.3 Å². The zero-order valence-corrected chi connectivity index (χ0v) is 20.2. The lowest BCUT2D eigenvalue weighted by atomic mass is 9.91. The third kappa shape index (κ3) is 6.34. The average molecular weight is 513 g/mol. The molecule has 0 unspecified atom stereocenters. The van der Waals surface area contributed by atoms with Gasteiger partial charge in [-0.15, -0.1) is 35.3 Å². The molecule has 5 nitrogen and oxygen atoms in total. The van der Waals surface area contributed by atoms with E-state index in [1.54, 1.807) is 11.3 Å². The highest BCUT2D eigenvalue weighted by Crippen LogP contribution is 2.26. The predicted molar refractivity (Wildman–Crippen MR) is 131 cm³/mol. The van der Waals surface area contributed by atoms with Gasteiger partial charge in [0.1, 0.15) is 5.82 Å². The Labute approximate surface area is 190 Å². The third-order valence-corrected chi connectivity index (χ3v) is 6.13. The van der Waals surface area contributed by atoms with E-state index >= 15 is 0 Å². The minimum Gasteiger partial charge on any atom is -0.357 e. The van der Waals surface area contributed by atoms with Gasteiger partial charge in [-0.2, -0.15) is 0 Å². The van der Waals surface area contributed by atoms with Gasteiger partial charge in [0.2, 0.25) is 0 Å². The Kier molecular flexibility index (Phi) is 9.01. The maximum atomic E-state index is 4.79. The topological polar surface area (TPSA) is 52.6 Å². The second-order valence-corrected chi connectivity index (χ2v) is 8.57. The number of hydrogen-bond donors (Lipinski definition) is 2. The van der Waals surface area contributed by atoms with Crippen LogP contribution in [0.5, 0.6) is 0 Å². The molecule has 28 heavy (non-hydrogen) atoms. The molecule has 0 atom stereocenters. The van der Waals surface area contributed by atoms with Crippen LogP contribution in [0.1, 0.15) is 44.1 Å². The predicted octanol–water partition coefficient (Wildman–Crippen LogP) is 4.39. The van der Waals surface area contributed by atoms with Gasteiger partial charge < -0.3 is 15.5 Å². The van der Waals surface area contributed by atoms with Crippen molar-refractivity contribution in [3.63, 3.8) is 0 Å². The van der Waals surface area contributed by atoms with E-state index < -0.39 is 0 Å². The highest BCUT2D eigenvalue weighted by atomic mass is 127. The molecule has 7 heteroatoms. The number of hydrogen-bond acceptors (Lipinski definition) is 4. The molecule has 1 aliphatic rings. The molecular formula is C21H32IN5S. The van der Waals surface area contributed by atoms with E-state index in [0.717, 1.165) is 38.0 Å². The summed E-state index contributed by atoms with van der Waals surface area (Å²) in [5.74, 6) is 1.94. The molecule has 0 radical (unpaired) electrons. The summed E-state index contributed by atoms with van der Waals surface area (Å²) in [4.78, 5) is 13.1. The smallest absolute Gasteiger partial charge is 0.191 e. The van der Waals surface area contributed by atoms with Gasteiger partial charge in [-0.3, -0.25) is 0 Å². The first-order valence-electron chi connectivity index (χ1n) is 9.84. The van der Waals surface area contributed by atoms with Gasteiger partial charge in [0.25, 0.3) is 0 Å². The molecule has 2 N–H and O–H groups in total. The summed E-state index contributed by atoms with van der Waals surface area (Å²) in [7, 11) is 0. The van der Waals surface area contributed by atoms with Crippen LogP contribution in [0.3, 0.4) is 0 Å². The van der Waals surface area contributed by atoms with E-state index in [0.29, 0.717) is 6.54 Å². The zero-order valence-electron chi connectivity index (χ0n) is 17.1. The molecule has 1 saturated heterocycles. The number of nitrogens with zero attached hydrogens (tertiary/aromatic N) is 3. The van der Waals surface area contributed by atoms with Gasteiger partial charge >= 0.3 is 0 Å². The Bertz CT molecular complexity index is 739. The molecule has 1 fully saturated rings. The third-order valence-electron chi connectivity index (χ3n) is 4.89. The number of anilines is 1. The lowest BCUT2D eigenvalue weighted by molar-refractivity contribution is 0.518. The Morgan fingerprint density at radius 3 is 2.71 bits per heavy atom. The van der Waals surface area contributed by atoms with Gasteiger partial charge in [0.05, 0.1) is 6.54 Å². The molecule has 0 amide bonds. The summed E-state index contributed by atoms with van der Waals surface area (Å²) in [5, 5.41) is 9.00. The maximum Gasteiger partial charge on any atom is 0.191 e. The van der Waals surface area contributed by atoms with Crippen molar-refractivity contribution in [1.82, 2.24) is 15.6 Å². The van der Waals surface area contributed by atoms with Crippen LogP contribution >= 0.6 is 35.3 Å². The first-order valence-corrected chi connectivity index (χ1v) is 10.7.